The zero-order chi connectivity index (χ0) is 15.4. The number of ether oxygens (including phenoxy) is 2. The first-order valence-electron chi connectivity index (χ1n) is 6.13. The molecule has 6 heteroatoms. The average molecular weight is 307 g/mol. The zero-order valence-electron chi connectivity index (χ0n) is 11.6. The number of anilines is 2. The lowest BCUT2D eigenvalue weighted by atomic mass is 10.1. The summed E-state index contributed by atoms with van der Waals surface area (Å²) < 4.78 is 10.3. The van der Waals surface area contributed by atoms with Gasteiger partial charge in [-0.25, -0.2) is 0 Å². The van der Waals surface area contributed by atoms with Crippen molar-refractivity contribution in [3.63, 3.8) is 0 Å². The Balaban J connectivity index is 2.28. The summed E-state index contributed by atoms with van der Waals surface area (Å²) in [7, 11) is 3.01. The molecule has 0 saturated carbocycles. The standard InChI is InChI=1S/C15H15ClN2O3/c1-20-13-6-4-10(16)8-12(13)18-15(19)9-3-5-11(17)14(7-9)21-2/h3-8H,17H2,1-2H3,(H,18,19). The van der Waals surface area contributed by atoms with Crippen molar-refractivity contribution in [1.29, 1.82) is 0 Å². The van der Waals surface area contributed by atoms with E-state index >= 15 is 0 Å². The van der Waals surface area contributed by atoms with Crippen LogP contribution in [-0.4, -0.2) is 20.1 Å². The number of hydrogen-bond donors (Lipinski definition) is 2. The Morgan fingerprint density at radius 3 is 2.48 bits per heavy atom. The molecule has 0 bridgehead atoms. The average Bonchev–Trinajstić information content (AvgIpc) is 2.48. The number of methoxy groups -OCH3 is 2. The second-order valence-corrected chi connectivity index (χ2v) is 4.69. The first-order chi connectivity index (χ1) is 10.0. The molecule has 0 fully saturated rings. The molecule has 3 N–H and O–H groups in total. The van der Waals surface area contributed by atoms with Crippen LogP contribution in [0.2, 0.25) is 5.02 Å². The van der Waals surface area contributed by atoms with Gasteiger partial charge in [0, 0.05) is 10.6 Å². The fourth-order valence-electron chi connectivity index (χ4n) is 1.82. The van der Waals surface area contributed by atoms with E-state index in [1.54, 1.807) is 36.4 Å². The van der Waals surface area contributed by atoms with E-state index in [9.17, 15) is 4.79 Å². The Labute approximate surface area is 127 Å². The van der Waals surface area contributed by atoms with Crippen LogP contribution >= 0.6 is 11.6 Å². The molecule has 0 radical (unpaired) electrons. The van der Waals surface area contributed by atoms with Gasteiger partial charge in [-0.3, -0.25) is 4.79 Å². The zero-order valence-corrected chi connectivity index (χ0v) is 12.4. The molecule has 0 atom stereocenters. The number of nitrogen functional groups attached to an aromatic ring is 1. The van der Waals surface area contributed by atoms with Crippen LogP contribution < -0.4 is 20.5 Å². The van der Waals surface area contributed by atoms with Gasteiger partial charge in [0.1, 0.15) is 11.5 Å². The molecule has 0 aliphatic rings. The lowest BCUT2D eigenvalue weighted by molar-refractivity contribution is 0.102. The lowest BCUT2D eigenvalue weighted by Crippen LogP contribution is -2.13. The van der Waals surface area contributed by atoms with E-state index < -0.39 is 0 Å². The Kier molecular flexibility index (Phi) is 4.55. The van der Waals surface area contributed by atoms with Gasteiger partial charge >= 0.3 is 0 Å². The molecule has 2 rings (SSSR count). The van der Waals surface area contributed by atoms with Crippen molar-refractivity contribution in [3.8, 4) is 11.5 Å². The van der Waals surface area contributed by atoms with Gasteiger partial charge in [-0.05, 0) is 36.4 Å². The van der Waals surface area contributed by atoms with Gasteiger partial charge in [0.2, 0.25) is 0 Å². The highest BCUT2D eigenvalue weighted by Crippen LogP contribution is 2.29. The molecule has 0 unspecified atom stereocenters. The number of nitrogens with two attached hydrogens (primary N) is 1. The van der Waals surface area contributed by atoms with Crippen molar-refractivity contribution in [3.05, 3.63) is 47.0 Å². The molecule has 0 aliphatic carbocycles. The molecule has 0 aromatic heterocycles. The largest absolute Gasteiger partial charge is 0.495 e. The smallest absolute Gasteiger partial charge is 0.255 e. The van der Waals surface area contributed by atoms with Gasteiger partial charge in [0.15, 0.2) is 0 Å². The lowest BCUT2D eigenvalue weighted by Gasteiger charge is -2.11. The van der Waals surface area contributed by atoms with Gasteiger partial charge in [0.25, 0.3) is 5.91 Å². The molecule has 110 valence electrons. The maximum Gasteiger partial charge on any atom is 0.255 e. The number of carbonyl (C=O) groups is 1. The van der Waals surface area contributed by atoms with Crippen molar-refractivity contribution in [2.45, 2.75) is 0 Å². The minimum absolute atomic E-state index is 0.311. The van der Waals surface area contributed by atoms with E-state index in [0.29, 0.717) is 33.5 Å². The highest BCUT2D eigenvalue weighted by Gasteiger charge is 2.12. The molecule has 1 amide bonds. The number of halogens is 1. The molecular weight excluding hydrogens is 292 g/mol. The van der Waals surface area contributed by atoms with Crippen LogP contribution in [0.25, 0.3) is 0 Å². The van der Waals surface area contributed by atoms with E-state index in [1.165, 1.54) is 14.2 Å². The van der Waals surface area contributed by atoms with Crippen molar-refractivity contribution in [2.75, 3.05) is 25.3 Å². The van der Waals surface area contributed by atoms with E-state index in [4.69, 9.17) is 26.8 Å². The summed E-state index contributed by atoms with van der Waals surface area (Å²) >= 11 is 5.93. The van der Waals surface area contributed by atoms with Gasteiger partial charge in [-0.15, -0.1) is 0 Å². The summed E-state index contributed by atoms with van der Waals surface area (Å²) in [4.78, 5) is 12.3. The molecule has 0 saturated heterocycles. The Bertz CT molecular complexity index is 674. The number of amides is 1. The molecule has 21 heavy (non-hydrogen) atoms. The van der Waals surface area contributed by atoms with Crippen LogP contribution in [-0.2, 0) is 0 Å². The van der Waals surface area contributed by atoms with Gasteiger partial charge in [0.05, 0.1) is 25.6 Å². The van der Waals surface area contributed by atoms with Crippen LogP contribution in [0.5, 0.6) is 11.5 Å². The molecule has 2 aromatic rings. The number of rotatable bonds is 4. The maximum atomic E-state index is 12.3. The minimum Gasteiger partial charge on any atom is -0.495 e. The Hall–Kier alpha value is -2.40. The third-order valence-corrected chi connectivity index (χ3v) is 3.14. The van der Waals surface area contributed by atoms with Gasteiger partial charge < -0.3 is 20.5 Å². The summed E-state index contributed by atoms with van der Waals surface area (Å²) in [6, 6.07) is 9.78. The van der Waals surface area contributed by atoms with Gasteiger partial charge in [-0.1, -0.05) is 11.6 Å². The van der Waals surface area contributed by atoms with Crippen LogP contribution in [0.15, 0.2) is 36.4 Å². The number of nitrogens with one attached hydrogen (secondary N) is 1. The quantitative estimate of drug-likeness (QED) is 0.851. The highest BCUT2D eigenvalue weighted by atomic mass is 35.5. The summed E-state index contributed by atoms with van der Waals surface area (Å²) in [5.74, 6) is 0.657. The molecule has 0 heterocycles. The highest BCUT2D eigenvalue weighted by molar-refractivity contribution is 6.31. The predicted octanol–water partition coefficient (Wildman–Crippen LogP) is 3.19. The molecular formula is C15H15ClN2O3. The maximum absolute atomic E-state index is 12.3. The summed E-state index contributed by atoms with van der Waals surface area (Å²) in [6.07, 6.45) is 0. The first-order valence-corrected chi connectivity index (χ1v) is 6.51. The van der Waals surface area contributed by atoms with Crippen molar-refractivity contribution in [2.24, 2.45) is 0 Å². The summed E-state index contributed by atoms with van der Waals surface area (Å²) in [5, 5.41) is 3.25. The summed E-state index contributed by atoms with van der Waals surface area (Å²) in [6.45, 7) is 0. The second kappa shape index (κ2) is 6.37. The molecule has 5 nitrogen and oxygen atoms in total. The Morgan fingerprint density at radius 2 is 1.81 bits per heavy atom. The minimum atomic E-state index is -0.311. The van der Waals surface area contributed by atoms with Crippen LogP contribution in [0, 0.1) is 0 Å². The van der Waals surface area contributed by atoms with E-state index in [1.807, 2.05) is 0 Å². The third kappa shape index (κ3) is 3.38. The fraction of sp³-hybridized carbons (Fsp3) is 0.133. The van der Waals surface area contributed by atoms with Crippen LogP contribution in [0.3, 0.4) is 0 Å². The first kappa shape index (κ1) is 15.0. The SMILES string of the molecule is COc1cc(C(=O)Nc2cc(Cl)ccc2OC)ccc1N. The van der Waals surface area contributed by atoms with Crippen molar-refractivity contribution >= 4 is 28.9 Å². The van der Waals surface area contributed by atoms with Crippen LogP contribution in [0.4, 0.5) is 11.4 Å². The number of hydrogen-bond acceptors (Lipinski definition) is 4. The van der Waals surface area contributed by atoms with Crippen molar-refractivity contribution in [1.82, 2.24) is 0 Å². The Morgan fingerprint density at radius 1 is 1.10 bits per heavy atom. The summed E-state index contributed by atoms with van der Waals surface area (Å²) in [5.41, 5.74) is 7.10. The second-order valence-electron chi connectivity index (χ2n) is 4.26. The normalized spacial score (nSPS) is 10.0. The molecule has 0 spiro atoms. The number of carbonyl (C=O) groups excluding carboxylic acids is 1. The fourth-order valence-corrected chi connectivity index (χ4v) is 2.00. The van der Waals surface area contributed by atoms with E-state index in [2.05, 4.69) is 5.32 Å². The van der Waals surface area contributed by atoms with Crippen LogP contribution in [0.1, 0.15) is 10.4 Å². The van der Waals surface area contributed by atoms with Gasteiger partial charge in [-0.2, -0.15) is 0 Å². The molecule has 0 aliphatic heterocycles. The predicted molar refractivity (Wildman–Crippen MR) is 83.4 cm³/mol. The van der Waals surface area contributed by atoms with Crippen molar-refractivity contribution < 1.29 is 14.3 Å². The monoisotopic (exact) mass is 306 g/mol. The molecule has 2 aromatic carbocycles. The third-order valence-electron chi connectivity index (χ3n) is 2.91. The van der Waals surface area contributed by atoms with E-state index in [-0.39, 0.29) is 5.91 Å². The van der Waals surface area contributed by atoms with E-state index in [0.717, 1.165) is 0 Å². The number of benzene rings is 2. The topological polar surface area (TPSA) is 73.6 Å².